The molecule has 1 amide bonds. The quantitative estimate of drug-likeness (QED) is 0.839. The van der Waals surface area contributed by atoms with E-state index in [1.54, 1.807) is 19.9 Å². The molecule has 4 nitrogen and oxygen atoms in total. The molecular weight excluding hydrogens is 235 g/mol. The van der Waals surface area contributed by atoms with Crippen LogP contribution < -0.4 is 15.8 Å². The van der Waals surface area contributed by atoms with Crippen molar-refractivity contribution in [2.24, 2.45) is 5.73 Å². The van der Waals surface area contributed by atoms with Crippen molar-refractivity contribution in [2.45, 2.75) is 31.9 Å². The Hall–Kier alpha value is -1.62. The fourth-order valence-corrected chi connectivity index (χ4v) is 1.86. The number of amides is 1. The molecule has 0 saturated heterocycles. The van der Waals surface area contributed by atoms with Gasteiger partial charge in [-0.1, -0.05) is 0 Å². The van der Waals surface area contributed by atoms with E-state index < -0.39 is 11.4 Å². The van der Waals surface area contributed by atoms with E-state index in [1.807, 2.05) is 0 Å². The second-order valence-corrected chi connectivity index (χ2v) is 5.07. The van der Waals surface area contributed by atoms with E-state index in [1.165, 1.54) is 12.1 Å². The number of primary amides is 1. The third kappa shape index (κ3) is 2.61. The normalized spacial score (nSPS) is 18.3. The van der Waals surface area contributed by atoms with Gasteiger partial charge >= 0.3 is 0 Å². The van der Waals surface area contributed by atoms with Crippen LogP contribution in [-0.4, -0.2) is 24.1 Å². The summed E-state index contributed by atoms with van der Waals surface area (Å²) in [4.78, 5) is 11.2. The summed E-state index contributed by atoms with van der Waals surface area (Å²) in [6.45, 7) is 3.93. The first-order valence-electron chi connectivity index (χ1n) is 5.88. The molecule has 1 unspecified atom stereocenters. The summed E-state index contributed by atoms with van der Waals surface area (Å²) in [6.07, 6.45) is 0.537. The van der Waals surface area contributed by atoms with Crippen molar-refractivity contribution in [3.8, 4) is 5.75 Å². The Labute approximate surface area is 105 Å². The zero-order valence-electron chi connectivity index (χ0n) is 10.5. The van der Waals surface area contributed by atoms with Crippen molar-refractivity contribution in [3.05, 3.63) is 29.6 Å². The van der Waals surface area contributed by atoms with E-state index in [0.717, 1.165) is 5.56 Å². The summed E-state index contributed by atoms with van der Waals surface area (Å²) in [5.41, 5.74) is 5.35. The number of benzene rings is 1. The summed E-state index contributed by atoms with van der Waals surface area (Å²) < 4.78 is 18.7. The predicted octanol–water partition coefficient (Wildman–Crippen LogP) is 0.983. The maximum absolute atomic E-state index is 13.0. The molecule has 0 saturated carbocycles. The number of carbonyl (C=O) groups excluding carboxylic acids is 1. The van der Waals surface area contributed by atoms with Gasteiger partial charge in [-0.15, -0.1) is 0 Å². The van der Waals surface area contributed by atoms with Gasteiger partial charge in [0.15, 0.2) is 0 Å². The molecule has 1 aromatic carbocycles. The Morgan fingerprint density at radius 1 is 1.61 bits per heavy atom. The molecule has 0 bridgehead atoms. The van der Waals surface area contributed by atoms with Crippen molar-refractivity contribution in [1.82, 2.24) is 5.32 Å². The standard InChI is InChI=1S/C13H17FN2O2/c1-13(2,12(15)17)16-7-10-6-8-5-9(14)3-4-11(8)18-10/h3-5,10,16H,6-7H2,1-2H3,(H2,15,17). The van der Waals surface area contributed by atoms with Crippen molar-refractivity contribution < 1.29 is 13.9 Å². The molecule has 5 heteroatoms. The highest BCUT2D eigenvalue weighted by molar-refractivity contribution is 5.83. The van der Waals surface area contributed by atoms with E-state index in [9.17, 15) is 9.18 Å². The van der Waals surface area contributed by atoms with E-state index in [4.69, 9.17) is 10.5 Å². The molecule has 1 atom stereocenters. The van der Waals surface area contributed by atoms with E-state index in [0.29, 0.717) is 18.7 Å². The number of nitrogens with one attached hydrogen (secondary N) is 1. The summed E-state index contributed by atoms with van der Waals surface area (Å²) >= 11 is 0. The molecule has 2 rings (SSSR count). The molecule has 98 valence electrons. The van der Waals surface area contributed by atoms with Crippen LogP contribution >= 0.6 is 0 Å². The van der Waals surface area contributed by atoms with Crippen molar-refractivity contribution in [3.63, 3.8) is 0 Å². The fourth-order valence-electron chi connectivity index (χ4n) is 1.86. The molecule has 18 heavy (non-hydrogen) atoms. The van der Waals surface area contributed by atoms with Crippen LogP contribution in [0.4, 0.5) is 4.39 Å². The van der Waals surface area contributed by atoms with Crippen molar-refractivity contribution in [2.75, 3.05) is 6.54 Å². The SMILES string of the molecule is CC(C)(NCC1Cc2cc(F)ccc2O1)C(N)=O. The Bertz CT molecular complexity index is 474. The van der Waals surface area contributed by atoms with Crippen LogP contribution in [-0.2, 0) is 11.2 Å². The van der Waals surface area contributed by atoms with Crippen LogP contribution in [0.15, 0.2) is 18.2 Å². The number of halogens is 1. The lowest BCUT2D eigenvalue weighted by atomic mass is 10.0. The molecule has 0 aliphatic carbocycles. The van der Waals surface area contributed by atoms with Gasteiger partial charge in [-0.25, -0.2) is 4.39 Å². The Balaban J connectivity index is 1.94. The molecule has 0 radical (unpaired) electrons. The molecule has 1 aliphatic heterocycles. The highest BCUT2D eigenvalue weighted by Gasteiger charge is 2.28. The van der Waals surface area contributed by atoms with Crippen LogP contribution in [0.25, 0.3) is 0 Å². The second-order valence-electron chi connectivity index (χ2n) is 5.07. The van der Waals surface area contributed by atoms with Gasteiger partial charge in [0.2, 0.25) is 5.91 Å². The molecule has 0 aromatic heterocycles. The number of ether oxygens (including phenoxy) is 1. The Kier molecular flexibility index (Phi) is 3.26. The fraction of sp³-hybridized carbons (Fsp3) is 0.462. The van der Waals surface area contributed by atoms with Crippen molar-refractivity contribution in [1.29, 1.82) is 0 Å². The van der Waals surface area contributed by atoms with Gasteiger partial charge in [-0.05, 0) is 32.0 Å². The molecular formula is C13H17FN2O2. The van der Waals surface area contributed by atoms with Gasteiger partial charge in [0.1, 0.15) is 17.7 Å². The largest absolute Gasteiger partial charge is 0.488 e. The van der Waals surface area contributed by atoms with Gasteiger partial charge in [0, 0.05) is 18.5 Å². The minimum atomic E-state index is -0.774. The number of hydrogen-bond acceptors (Lipinski definition) is 3. The molecule has 1 heterocycles. The minimum Gasteiger partial charge on any atom is -0.488 e. The molecule has 0 fully saturated rings. The highest BCUT2D eigenvalue weighted by atomic mass is 19.1. The van der Waals surface area contributed by atoms with Crippen LogP contribution in [0.5, 0.6) is 5.75 Å². The number of fused-ring (bicyclic) bond motifs is 1. The molecule has 3 N–H and O–H groups in total. The van der Waals surface area contributed by atoms with Crippen molar-refractivity contribution >= 4 is 5.91 Å². The number of nitrogens with two attached hydrogens (primary N) is 1. The van der Waals surface area contributed by atoms with Crippen LogP contribution in [0, 0.1) is 5.82 Å². The smallest absolute Gasteiger partial charge is 0.237 e. The van der Waals surface area contributed by atoms with Crippen LogP contribution in [0.3, 0.4) is 0 Å². The average Bonchev–Trinajstić information content (AvgIpc) is 2.68. The van der Waals surface area contributed by atoms with Gasteiger partial charge in [-0.2, -0.15) is 0 Å². The van der Waals surface area contributed by atoms with Gasteiger partial charge in [0.05, 0.1) is 5.54 Å². The highest BCUT2D eigenvalue weighted by Crippen LogP contribution is 2.29. The van der Waals surface area contributed by atoms with E-state index in [2.05, 4.69) is 5.32 Å². The van der Waals surface area contributed by atoms with Crippen LogP contribution in [0.2, 0.25) is 0 Å². The maximum Gasteiger partial charge on any atom is 0.237 e. The third-order valence-corrected chi connectivity index (χ3v) is 3.15. The number of carbonyl (C=O) groups is 1. The molecule has 1 aliphatic rings. The molecule has 0 spiro atoms. The van der Waals surface area contributed by atoms with E-state index >= 15 is 0 Å². The summed E-state index contributed by atoms with van der Waals surface area (Å²) in [7, 11) is 0. The summed E-state index contributed by atoms with van der Waals surface area (Å²) in [5, 5.41) is 3.06. The first-order chi connectivity index (χ1) is 8.38. The summed E-state index contributed by atoms with van der Waals surface area (Å²) in [5.74, 6) is 0.0348. The monoisotopic (exact) mass is 252 g/mol. The minimum absolute atomic E-state index is 0.0968. The molecule has 1 aromatic rings. The number of rotatable bonds is 4. The van der Waals surface area contributed by atoms with Gasteiger partial charge < -0.3 is 15.8 Å². The maximum atomic E-state index is 13.0. The number of hydrogen-bond donors (Lipinski definition) is 2. The Morgan fingerprint density at radius 3 is 3.00 bits per heavy atom. The topological polar surface area (TPSA) is 64.3 Å². The predicted molar refractivity (Wildman–Crippen MR) is 65.8 cm³/mol. The average molecular weight is 252 g/mol. The zero-order chi connectivity index (χ0) is 13.3. The van der Waals surface area contributed by atoms with Crippen LogP contribution in [0.1, 0.15) is 19.4 Å². The lowest BCUT2D eigenvalue weighted by Crippen LogP contribution is -2.53. The first-order valence-corrected chi connectivity index (χ1v) is 5.88. The lowest BCUT2D eigenvalue weighted by molar-refractivity contribution is -0.123. The Morgan fingerprint density at radius 2 is 2.33 bits per heavy atom. The van der Waals surface area contributed by atoms with Gasteiger partial charge in [0.25, 0.3) is 0 Å². The third-order valence-electron chi connectivity index (χ3n) is 3.15. The second kappa shape index (κ2) is 4.57. The summed E-state index contributed by atoms with van der Waals surface area (Å²) in [6, 6.07) is 4.49. The van der Waals surface area contributed by atoms with E-state index in [-0.39, 0.29) is 11.9 Å². The lowest BCUT2D eigenvalue weighted by Gasteiger charge is -2.24. The zero-order valence-corrected chi connectivity index (χ0v) is 10.5. The van der Waals surface area contributed by atoms with Gasteiger partial charge in [-0.3, -0.25) is 4.79 Å². The first kappa shape index (κ1) is 12.8.